The SMILES string of the molecule is CCCCCC(=O)Nc1nc(-c2c[nH]c(C(=O)OC)c2)cs1. The number of nitrogens with zero attached hydrogens (tertiary/aromatic N) is 1. The number of thiazole rings is 1. The number of carbonyl (C=O) groups excluding carboxylic acids is 2. The molecule has 2 rings (SSSR count). The van der Waals surface area contributed by atoms with Crippen LogP contribution in [0, 0.1) is 0 Å². The molecule has 0 saturated carbocycles. The highest BCUT2D eigenvalue weighted by Gasteiger charge is 2.12. The van der Waals surface area contributed by atoms with Gasteiger partial charge in [0.1, 0.15) is 5.69 Å². The van der Waals surface area contributed by atoms with Gasteiger partial charge in [0, 0.05) is 23.6 Å². The summed E-state index contributed by atoms with van der Waals surface area (Å²) >= 11 is 1.36. The minimum Gasteiger partial charge on any atom is -0.464 e. The Labute approximate surface area is 132 Å². The number of aromatic amines is 1. The molecule has 0 unspecified atom stereocenters. The zero-order valence-electron chi connectivity index (χ0n) is 12.6. The standard InChI is InChI=1S/C15H19N3O3S/c1-3-4-5-6-13(19)18-15-17-12(9-22-15)10-7-11(16-8-10)14(20)21-2/h7-9,16H,3-6H2,1-2H3,(H,17,18,19). The molecule has 0 aliphatic carbocycles. The van der Waals surface area contributed by atoms with Crippen molar-refractivity contribution in [1.29, 1.82) is 0 Å². The van der Waals surface area contributed by atoms with Gasteiger partial charge in [0.05, 0.1) is 12.8 Å². The molecule has 2 N–H and O–H groups in total. The van der Waals surface area contributed by atoms with Crippen molar-refractivity contribution in [3.05, 3.63) is 23.3 Å². The topological polar surface area (TPSA) is 84.1 Å². The highest BCUT2D eigenvalue weighted by molar-refractivity contribution is 7.14. The summed E-state index contributed by atoms with van der Waals surface area (Å²) in [4.78, 5) is 30.4. The molecule has 7 heteroatoms. The van der Waals surface area contributed by atoms with Crippen molar-refractivity contribution in [3.63, 3.8) is 0 Å². The van der Waals surface area contributed by atoms with Gasteiger partial charge in [-0.1, -0.05) is 19.8 Å². The van der Waals surface area contributed by atoms with Crippen LogP contribution in [-0.2, 0) is 9.53 Å². The van der Waals surface area contributed by atoms with E-state index in [1.165, 1.54) is 18.4 Å². The molecular weight excluding hydrogens is 302 g/mol. The van der Waals surface area contributed by atoms with E-state index in [-0.39, 0.29) is 5.91 Å². The molecule has 0 spiro atoms. The Morgan fingerprint density at radius 2 is 2.23 bits per heavy atom. The van der Waals surface area contributed by atoms with Crippen molar-refractivity contribution < 1.29 is 14.3 Å². The minimum atomic E-state index is -0.425. The Morgan fingerprint density at radius 3 is 2.95 bits per heavy atom. The number of carbonyl (C=O) groups is 2. The van der Waals surface area contributed by atoms with E-state index in [0.717, 1.165) is 24.8 Å². The average molecular weight is 321 g/mol. The van der Waals surface area contributed by atoms with Crippen molar-refractivity contribution >= 4 is 28.3 Å². The Balaban J connectivity index is 1.97. The van der Waals surface area contributed by atoms with Gasteiger partial charge in [0.15, 0.2) is 5.13 Å². The molecule has 2 aromatic heterocycles. The van der Waals surface area contributed by atoms with Gasteiger partial charge in [-0.15, -0.1) is 11.3 Å². The number of methoxy groups -OCH3 is 1. The molecule has 0 radical (unpaired) electrons. The monoisotopic (exact) mass is 321 g/mol. The predicted octanol–water partition coefficient (Wildman–Crippen LogP) is 3.44. The molecule has 0 fully saturated rings. The predicted molar refractivity (Wildman–Crippen MR) is 86.0 cm³/mol. The number of amides is 1. The van der Waals surface area contributed by atoms with Crippen LogP contribution in [0.4, 0.5) is 5.13 Å². The van der Waals surface area contributed by atoms with Crippen LogP contribution in [0.5, 0.6) is 0 Å². The molecule has 22 heavy (non-hydrogen) atoms. The Bertz CT molecular complexity index is 648. The number of anilines is 1. The lowest BCUT2D eigenvalue weighted by Crippen LogP contribution is -2.10. The molecule has 2 heterocycles. The third kappa shape index (κ3) is 4.17. The number of unbranched alkanes of at least 4 members (excludes halogenated alkanes) is 2. The van der Waals surface area contributed by atoms with Crippen LogP contribution in [0.15, 0.2) is 17.6 Å². The maximum atomic E-state index is 11.8. The molecule has 6 nitrogen and oxygen atoms in total. The Kier molecular flexibility index (Phi) is 5.71. The first-order valence-corrected chi connectivity index (χ1v) is 8.04. The second kappa shape index (κ2) is 7.74. The highest BCUT2D eigenvalue weighted by Crippen LogP contribution is 2.25. The molecule has 1 amide bonds. The Hall–Kier alpha value is -2.15. The first-order valence-electron chi connectivity index (χ1n) is 7.16. The number of ether oxygens (including phenoxy) is 1. The third-order valence-electron chi connectivity index (χ3n) is 3.14. The number of hydrogen-bond donors (Lipinski definition) is 2. The molecule has 118 valence electrons. The molecule has 0 aliphatic heterocycles. The summed E-state index contributed by atoms with van der Waals surface area (Å²) in [5.41, 5.74) is 1.86. The molecule has 0 saturated heterocycles. The van der Waals surface area contributed by atoms with Crippen LogP contribution in [-0.4, -0.2) is 29.0 Å². The Morgan fingerprint density at radius 1 is 1.41 bits per heavy atom. The normalized spacial score (nSPS) is 10.5. The fourth-order valence-corrected chi connectivity index (χ4v) is 2.69. The summed E-state index contributed by atoms with van der Waals surface area (Å²) < 4.78 is 4.65. The van der Waals surface area contributed by atoms with Gasteiger partial charge < -0.3 is 15.0 Å². The number of hydrogen-bond acceptors (Lipinski definition) is 5. The largest absolute Gasteiger partial charge is 0.464 e. The highest BCUT2D eigenvalue weighted by atomic mass is 32.1. The van der Waals surface area contributed by atoms with Crippen LogP contribution in [0.25, 0.3) is 11.3 Å². The summed E-state index contributed by atoms with van der Waals surface area (Å²) in [6.07, 6.45) is 5.23. The first kappa shape index (κ1) is 16.2. The third-order valence-corrected chi connectivity index (χ3v) is 3.90. The molecule has 2 aromatic rings. The summed E-state index contributed by atoms with van der Waals surface area (Å²) in [7, 11) is 1.33. The zero-order valence-corrected chi connectivity index (χ0v) is 13.5. The fourth-order valence-electron chi connectivity index (χ4n) is 1.95. The molecule has 0 atom stereocenters. The van der Waals surface area contributed by atoms with Crippen molar-refractivity contribution in [2.75, 3.05) is 12.4 Å². The second-order valence-corrected chi connectivity index (χ2v) is 5.69. The van der Waals surface area contributed by atoms with Gasteiger partial charge in [-0.25, -0.2) is 9.78 Å². The number of rotatable bonds is 7. The fraction of sp³-hybridized carbons (Fsp3) is 0.400. The maximum Gasteiger partial charge on any atom is 0.354 e. The number of aromatic nitrogens is 2. The van der Waals surface area contributed by atoms with Gasteiger partial charge in [-0.3, -0.25) is 4.79 Å². The molecule has 0 aliphatic rings. The van der Waals surface area contributed by atoms with E-state index in [4.69, 9.17) is 0 Å². The van der Waals surface area contributed by atoms with Crippen LogP contribution < -0.4 is 5.32 Å². The molecule has 0 bridgehead atoms. The lowest BCUT2D eigenvalue weighted by molar-refractivity contribution is -0.116. The van der Waals surface area contributed by atoms with Crippen LogP contribution >= 0.6 is 11.3 Å². The van der Waals surface area contributed by atoms with E-state index in [9.17, 15) is 9.59 Å². The van der Waals surface area contributed by atoms with E-state index in [2.05, 4.69) is 26.9 Å². The van der Waals surface area contributed by atoms with Gasteiger partial charge in [-0.2, -0.15) is 0 Å². The van der Waals surface area contributed by atoms with Crippen molar-refractivity contribution in [1.82, 2.24) is 9.97 Å². The lowest BCUT2D eigenvalue weighted by Gasteiger charge is -2.00. The van der Waals surface area contributed by atoms with Crippen molar-refractivity contribution in [2.24, 2.45) is 0 Å². The molecule has 0 aromatic carbocycles. The van der Waals surface area contributed by atoms with E-state index >= 15 is 0 Å². The number of H-pyrrole nitrogens is 1. The summed E-state index contributed by atoms with van der Waals surface area (Å²) in [5, 5.41) is 5.20. The van der Waals surface area contributed by atoms with Crippen molar-refractivity contribution in [2.45, 2.75) is 32.6 Å². The lowest BCUT2D eigenvalue weighted by atomic mass is 10.2. The van der Waals surface area contributed by atoms with E-state index in [1.807, 2.05) is 5.38 Å². The van der Waals surface area contributed by atoms with Crippen LogP contribution in [0.1, 0.15) is 43.1 Å². The van der Waals surface area contributed by atoms with Gasteiger partial charge in [0.2, 0.25) is 5.91 Å². The maximum absolute atomic E-state index is 11.8. The van der Waals surface area contributed by atoms with E-state index < -0.39 is 5.97 Å². The quantitative estimate of drug-likeness (QED) is 0.604. The van der Waals surface area contributed by atoms with Crippen LogP contribution in [0.2, 0.25) is 0 Å². The summed E-state index contributed by atoms with van der Waals surface area (Å²) in [5.74, 6) is -0.440. The van der Waals surface area contributed by atoms with Crippen molar-refractivity contribution in [3.8, 4) is 11.3 Å². The summed E-state index contributed by atoms with van der Waals surface area (Å²) in [6.45, 7) is 2.10. The second-order valence-electron chi connectivity index (χ2n) is 4.84. The zero-order chi connectivity index (χ0) is 15.9. The minimum absolute atomic E-state index is 0.0151. The van der Waals surface area contributed by atoms with Gasteiger partial charge in [-0.05, 0) is 12.5 Å². The first-order chi connectivity index (χ1) is 10.6. The van der Waals surface area contributed by atoms with Gasteiger partial charge in [0.25, 0.3) is 0 Å². The smallest absolute Gasteiger partial charge is 0.354 e. The summed E-state index contributed by atoms with van der Waals surface area (Å²) in [6, 6.07) is 1.67. The molecular formula is C15H19N3O3S. The van der Waals surface area contributed by atoms with Gasteiger partial charge >= 0.3 is 5.97 Å². The van der Waals surface area contributed by atoms with Crippen LogP contribution in [0.3, 0.4) is 0 Å². The number of esters is 1. The van der Waals surface area contributed by atoms with E-state index in [1.54, 1.807) is 12.3 Å². The average Bonchev–Trinajstić information content (AvgIpc) is 3.15. The van der Waals surface area contributed by atoms with E-state index in [0.29, 0.717) is 22.9 Å². The number of nitrogens with one attached hydrogen (secondary N) is 2.